The van der Waals surface area contributed by atoms with Gasteiger partial charge in [0, 0.05) is 11.1 Å². The van der Waals surface area contributed by atoms with Gasteiger partial charge in [0.25, 0.3) is 0 Å². The minimum absolute atomic E-state index is 1.20. The first kappa shape index (κ1) is 10.7. The van der Waals surface area contributed by atoms with Gasteiger partial charge in [-0.2, -0.15) is 0 Å². The lowest BCUT2D eigenvalue weighted by atomic mass is 10.1. The summed E-state index contributed by atoms with van der Waals surface area (Å²) in [6.07, 6.45) is 11.4. The van der Waals surface area contributed by atoms with Crippen LogP contribution in [0.1, 0.15) is 50.3 Å². The van der Waals surface area contributed by atoms with E-state index in [4.69, 9.17) is 0 Å². The van der Waals surface area contributed by atoms with Crippen LogP contribution in [-0.4, -0.2) is 4.98 Å². The lowest BCUT2D eigenvalue weighted by molar-refractivity contribution is 0.609. The first-order chi connectivity index (χ1) is 6.43. The maximum atomic E-state index is 3.94. The lowest BCUT2D eigenvalue weighted by Crippen LogP contribution is -1.82. The second kappa shape index (κ2) is 7.07. The van der Waals surface area contributed by atoms with Crippen LogP contribution in [0.4, 0.5) is 0 Å². The van der Waals surface area contributed by atoms with E-state index in [2.05, 4.69) is 17.4 Å². The van der Waals surface area contributed by atoms with E-state index in [-0.39, 0.29) is 0 Å². The zero-order valence-electron chi connectivity index (χ0n) is 8.38. The number of hydrogen-bond acceptors (Lipinski definition) is 2. The molecule has 0 aliphatic carbocycles. The summed E-state index contributed by atoms with van der Waals surface area (Å²) in [7, 11) is 0. The Morgan fingerprint density at radius 3 is 2.69 bits per heavy atom. The van der Waals surface area contributed by atoms with E-state index < -0.39 is 0 Å². The smallest absolute Gasteiger partial charge is 0.152 e. The van der Waals surface area contributed by atoms with Gasteiger partial charge in [-0.15, -0.1) is 11.3 Å². The predicted molar refractivity (Wildman–Crippen MR) is 58.0 cm³/mol. The van der Waals surface area contributed by atoms with E-state index in [1.54, 1.807) is 11.3 Å². The predicted octanol–water partition coefficient (Wildman–Crippen LogP) is 3.85. The van der Waals surface area contributed by atoms with E-state index in [9.17, 15) is 0 Å². The third-order valence-electron chi connectivity index (χ3n) is 2.21. The molecule has 0 amide bonds. The van der Waals surface area contributed by atoms with Crippen LogP contribution < -0.4 is 0 Å². The summed E-state index contributed by atoms with van der Waals surface area (Å²) in [5, 5.41) is 0. The van der Waals surface area contributed by atoms with Crippen LogP contribution in [0.2, 0.25) is 0 Å². The van der Waals surface area contributed by atoms with E-state index >= 15 is 0 Å². The van der Waals surface area contributed by atoms with Gasteiger partial charge in [-0.1, -0.05) is 39.0 Å². The average molecular weight is 196 g/mol. The highest BCUT2D eigenvalue weighted by molar-refractivity contribution is 7.09. The molecular weight excluding hydrogens is 178 g/mol. The molecule has 0 aliphatic heterocycles. The van der Waals surface area contributed by atoms with Crippen molar-refractivity contribution in [3.63, 3.8) is 0 Å². The van der Waals surface area contributed by atoms with Gasteiger partial charge in [-0.25, -0.2) is 4.98 Å². The van der Waals surface area contributed by atoms with Crippen LogP contribution in [-0.2, 0) is 6.42 Å². The average Bonchev–Trinajstić information content (AvgIpc) is 2.63. The Kier molecular flexibility index (Phi) is 5.83. The summed E-state index contributed by atoms with van der Waals surface area (Å²) in [5.41, 5.74) is 2.88. The fourth-order valence-electron chi connectivity index (χ4n) is 1.40. The van der Waals surface area contributed by atoms with Crippen molar-refractivity contribution in [1.82, 2.24) is 4.98 Å². The van der Waals surface area contributed by atoms with Crippen molar-refractivity contribution in [1.29, 1.82) is 0 Å². The SMILES string of the molecule is CCCCCCCCc1cn[c]s1. The molecule has 0 saturated heterocycles. The zero-order chi connectivity index (χ0) is 9.36. The third-order valence-corrected chi connectivity index (χ3v) is 2.98. The molecule has 1 radical (unpaired) electrons. The molecule has 1 heterocycles. The molecule has 1 nitrogen and oxygen atoms in total. The molecule has 0 unspecified atom stereocenters. The molecule has 73 valence electrons. The van der Waals surface area contributed by atoms with Gasteiger partial charge >= 0.3 is 0 Å². The molecule has 0 N–H and O–H groups in total. The fraction of sp³-hybridized carbons (Fsp3) is 0.727. The Morgan fingerprint density at radius 1 is 1.23 bits per heavy atom. The molecule has 0 fully saturated rings. The number of aryl methyl sites for hydroxylation is 1. The monoisotopic (exact) mass is 196 g/mol. The molecule has 0 saturated carbocycles. The summed E-state index contributed by atoms with van der Waals surface area (Å²) in [5.74, 6) is 0. The highest BCUT2D eigenvalue weighted by Crippen LogP contribution is 2.11. The molecule has 0 aromatic carbocycles. The van der Waals surface area contributed by atoms with Crippen LogP contribution in [0.25, 0.3) is 0 Å². The number of thiazole rings is 1. The zero-order valence-corrected chi connectivity index (χ0v) is 9.20. The third kappa shape index (κ3) is 5.04. The van der Waals surface area contributed by atoms with Crippen LogP contribution in [0.3, 0.4) is 0 Å². The van der Waals surface area contributed by atoms with Crippen molar-refractivity contribution in [3.8, 4) is 0 Å². The number of hydrogen-bond donors (Lipinski definition) is 0. The second-order valence-electron chi connectivity index (χ2n) is 3.44. The number of nitrogens with zero attached hydrogens (tertiary/aromatic N) is 1. The number of rotatable bonds is 7. The van der Waals surface area contributed by atoms with Crippen molar-refractivity contribution in [2.45, 2.75) is 51.9 Å². The fourth-order valence-corrected chi connectivity index (χ4v) is 1.98. The van der Waals surface area contributed by atoms with Gasteiger partial charge in [0.15, 0.2) is 5.51 Å². The number of aromatic nitrogens is 1. The van der Waals surface area contributed by atoms with Gasteiger partial charge in [-0.3, -0.25) is 0 Å². The lowest BCUT2D eigenvalue weighted by Gasteiger charge is -1.98. The maximum absolute atomic E-state index is 3.94. The topological polar surface area (TPSA) is 12.9 Å². The first-order valence-electron chi connectivity index (χ1n) is 5.24. The van der Waals surface area contributed by atoms with Crippen LogP contribution in [0.15, 0.2) is 6.20 Å². The molecule has 1 aromatic heterocycles. The first-order valence-corrected chi connectivity index (χ1v) is 6.06. The van der Waals surface area contributed by atoms with Crippen molar-refractivity contribution < 1.29 is 0 Å². The Bertz CT molecular complexity index is 194. The second-order valence-corrected chi connectivity index (χ2v) is 4.35. The summed E-state index contributed by atoms with van der Waals surface area (Å²) < 4.78 is 0. The highest BCUT2D eigenvalue weighted by atomic mass is 32.1. The van der Waals surface area contributed by atoms with E-state index in [1.165, 1.54) is 49.8 Å². The van der Waals surface area contributed by atoms with Gasteiger partial charge in [0.05, 0.1) is 0 Å². The number of unbranched alkanes of at least 4 members (excludes halogenated alkanes) is 5. The quantitative estimate of drug-likeness (QED) is 0.604. The minimum Gasteiger partial charge on any atom is -0.242 e. The summed E-state index contributed by atoms with van der Waals surface area (Å²) in [6, 6.07) is 0. The Balaban J connectivity index is 1.90. The van der Waals surface area contributed by atoms with Crippen molar-refractivity contribution in [2.75, 3.05) is 0 Å². The maximum Gasteiger partial charge on any atom is 0.152 e. The molecule has 0 aliphatic rings. The van der Waals surface area contributed by atoms with Gasteiger partial charge in [0.1, 0.15) is 0 Å². The molecule has 13 heavy (non-hydrogen) atoms. The van der Waals surface area contributed by atoms with Crippen molar-refractivity contribution >= 4 is 11.3 Å². The molecule has 0 bridgehead atoms. The molecular formula is C11H18NS. The van der Waals surface area contributed by atoms with Crippen LogP contribution in [0, 0.1) is 5.51 Å². The Morgan fingerprint density at radius 2 is 2.00 bits per heavy atom. The minimum atomic E-state index is 1.20. The molecule has 0 atom stereocenters. The van der Waals surface area contributed by atoms with E-state index in [0.29, 0.717) is 0 Å². The van der Waals surface area contributed by atoms with Crippen LogP contribution in [0.5, 0.6) is 0 Å². The van der Waals surface area contributed by atoms with E-state index in [1.807, 2.05) is 6.20 Å². The van der Waals surface area contributed by atoms with E-state index in [0.717, 1.165) is 0 Å². The summed E-state index contributed by atoms with van der Waals surface area (Å²) in [6.45, 7) is 2.26. The largest absolute Gasteiger partial charge is 0.242 e. The van der Waals surface area contributed by atoms with Crippen molar-refractivity contribution in [2.24, 2.45) is 0 Å². The molecule has 0 spiro atoms. The van der Waals surface area contributed by atoms with Gasteiger partial charge in [-0.05, 0) is 12.8 Å². The normalized spacial score (nSPS) is 10.5. The molecule has 1 aromatic rings. The highest BCUT2D eigenvalue weighted by Gasteiger charge is 1.94. The Hall–Kier alpha value is -0.370. The molecule has 1 rings (SSSR count). The van der Waals surface area contributed by atoms with Gasteiger partial charge < -0.3 is 0 Å². The van der Waals surface area contributed by atoms with Gasteiger partial charge in [0.2, 0.25) is 0 Å². The standard InChI is InChI=1S/C11H18NS/c1-2-3-4-5-6-7-8-11-9-12-10-13-11/h9H,2-8H2,1H3. The summed E-state index contributed by atoms with van der Waals surface area (Å²) in [4.78, 5) is 5.33. The van der Waals surface area contributed by atoms with Crippen LogP contribution >= 0.6 is 11.3 Å². The summed E-state index contributed by atoms with van der Waals surface area (Å²) >= 11 is 1.66. The Labute approximate surface area is 85.2 Å². The molecule has 2 heteroatoms. The van der Waals surface area contributed by atoms with Crippen molar-refractivity contribution in [3.05, 3.63) is 16.6 Å².